The molecule has 0 bridgehead atoms. The van der Waals surface area contributed by atoms with E-state index in [-0.39, 0.29) is 17.6 Å². The van der Waals surface area contributed by atoms with Crippen molar-refractivity contribution in [3.63, 3.8) is 0 Å². The summed E-state index contributed by atoms with van der Waals surface area (Å²) in [5, 5.41) is 23.3. The number of nitrogens with zero attached hydrogens (tertiary/aromatic N) is 1. The number of non-ortho nitro benzene ring substituents is 1. The number of benzene rings is 1. The minimum absolute atomic E-state index is 0.0415. The second-order valence-corrected chi connectivity index (χ2v) is 5.75. The Morgan fingerprint density at radius 3 is 2.65 bits per heavy atom. The largest absolute Gasteiger partial charge is 0.494 e. The van der Waals surface area contributed by atoms with E-state index >= 15 is 0 Å². The molecular weight excluding hydrogens is 300 g/mol. The van der Waals surface area contributed by atoms with Crippen molar-refractivity contribution >= 4 is 11.7 Å². The number of hydrogen-bond donors (Lipinski definition) is 2. The van der Waals surface area contributed by atoms with Gasteiger partial charge in [0.1, 0.15) is 5.75 Å². The molecule has 1 fully saturated rings. The van der Waals surface area contributed by atoms with Crippen molar-refractivity contribution in [1.29, 1.82) is 0 Å². The van der Waals surface area contributed by atoms with Crippen molar-refractivity contribution in [2.45, 2.75) is 45.2 Å². The molecule has 2 N–H and O–H groups in total. The maximum atomic E-state index is 11.0. The van der Waals surface area contributed by atoms with Crippen molar-refractivity contribution in [3.8, 4) is 5.75 Å². The normalized spacial score (nSPS) is 20.9. The van der Waals surface area contributed by atoms with Crippen LogP contribution in [0.3, 0.4) is 0 Å². The zero-order chi connectivity index (χ0) is 16.8. The summed E-state index contributed by atoms with van der Waals surface area (Å²) in [6.07, 6.45) is 2.94. The van der Waals surface area contributed by atoms with Gasteiger partial charge in [-0.25, -0.2) is 0 Å². The van der Waals surface area contributed by atoms with Crippen molar-refractivity contribution in [2.24, 2.45) is 5.92 Å². The first-order valence-electron chi connectivity index (χ1n) is 7.87. The van der Waals surface area contributed by atoms with Crippen LogP contribution in [0.15, 0.2) is 18.2 Å². The molecule has 0 aliphatic heterocycles. The Labute approximate surface area is 134 Å². The van der Waals surface area contributed by atoms with E-state index in [1.165, 1.54) is 12.1 Å². The van der Waals surface area contributed by atoms with Crippen LogP contribution in [0.2, 0.25) is 0 Å². The molecule has 1 aliphatic rings. The molecule has 0 aromatic heterocycles. The quantitative estimate of drug-likeness (QED) is 0.591. The molecular formula is C16H22N2O5. The highest BCUT2D eigenvalue weighted by atomic mass is 16.6. The first-order valence-corrected chi connectivity index (χ1v) is 7.87. The minimum atomic E-state index is -0.722. The molecule has 0 heterocycles. The summed E-state index contributed by atoms with van der Waals surface area (Å²) in [4.78, 5) is 21.5. The molecule has 126 valence electrons. The van der Waals surface area contributed by atoms with E-state index in [4.69, 9.17) is 9.84 Å². The molecule has 1 aromatic rings. The third-order valence-electron chi connectivity index (χ3n) is 4.21. The number of nitro benzene ring substituents is 1. The van der Waals surface area contributed by atoms with E-state index in [1.807, 2.05) is 6.92 Å². The monoisotopic (exact) mass is 322 g/mol. The van der Waals surface area contributed by atoms with Crippen LogP contribution in [-0.4, -0.2) is 28.6 Å². The SMILES string of the molecule is CCOc1ccc([N+](=O)[O-])cc1CNC1CCC(C(=O)O)CC1. The van der Waals surface area contributed by atoms with E-state index in [2.05, 4.69) is 5.32 Å². The lowest BCUT2D eigenvalue weighted by Gasteiger charge is -2.27. The average molecular weight is 322 g/mol. The highest BCUT2D eigenvalue weighted by Crippen LogP contribution is 2.27. The molecule has 0 atom stereocenters. The number of carboxylic acids is 1. The topological polar surface area (TPSA) is 102 Å². The zero-order valence-electron chi connectivity index (χ0n) is 13.2. The Morgan fingerprint density at radius 1 is 1.39 bits per heavy atom. The lowest BCUT2D eigenvalue weighted by molar-refractivity contribution is -0.384. The molecule has 23 heavy (non-hydrogen) atoms. The van der Waals surface area contributed by atoms with E-state index in [0.717, 1.165) is 18.4 Å². The number of nitrogens with one attached hydrogen (secondary N) is 1. The van der Waals surface area contributed by atoms with Crippen molar-refractivity contribution < 1.29 is 19.6 Å². The van der Waals surface area contributed by atoms with Gasteiger partial charge in [-0.2, -0.15) is 0 Å². The van der Waals surface area contributed by atoms with E-state index < -0.39 is 10.9 Å². The molecule has 1 saturated carbocycles. The summed E-state index contributed by atoms with van der Waals surface area (Å²) in [6, 6.07) is 4.83. The molecule has 0 spiro atoms. The minimum Gasteiger partial charge on any atom is -0.494 e. The van der Waals surface area contributed by atoms with Gasteiger partial charge in [0.05, 0.1) is 17.4 Å². The van der Waals surface area contributed by atoms with Crippen molar-refractivity contribution in [1.82, 2.24) is 5.32 Å². The molecule has 7 nitrogen and oxygen atoms in total. The lowest BCUT2D eigenvalue weighted by atomic mass is 9.86. The second kappa shape index (κ2) is 7.92. The summed E-state index contributed by atoms with van der Waals surface area (Å²) >= 11 is 0. The number of carbonyl (C=O) groups is 1. The Hall–Kier alpha value is -2.15. The molecule has 0 radical (unpaired) electrons. The predicted octanol–water partition coefficient (Wildman–Crippen LogP) is 2.73. The number of ether oxygens (including phenoxy) is 1. The van der Waals surface area contributed by atoms with Crippen LogP contribution in [0, 0.1) is 16.0 Å². The number of hydrogen-bond acceptors (Lipinski definition) is 5. The van der Waals surface area contributed by atoms with Crippen LogP contribution in [0.1, 0.15) is 38.2 Å². The van der Waals surface area contributed by atoms with Gasteiger partial charge in [-0.3, -0.25) is 14.9 Å². The predicted molar refractivity (Wildman–Crippen MR) is 84.5 cm³/mol. The Bertz CT molecular complexity index is 568. The summed E-state index contributed by atoms with van der Waals surface area (Å²) < 4.78 is 5.52. The van der Waals surface area contributed by atoms with Gasteiger partial charge in [-0.15, -0.1) is 0 Å². The standard InChI is InChI=1S/C16H22N2O5/c1-2-23-15-8-7-14(18(21)22)9-12(15)10-17-13-5-3-11(4-6-13)16(19)20/h7-9,11,13,17H,2-6,10H2,1H3,(H,19,20). The average Bonchev–Trinajstić information content (AvgIpc) is 2.54. The van der Waals surface area contributed by atoms with Crippen LogP contribution in [0.25, 0.3) is 0 Å². The van der Waals surface area contributed by atoms with Crippen LogP contribution in [0.4, 0.5) is 5.69 Å². The summed E-state index contributed by atoms with van der Waals surface area (Å²) in [6.45, 7) is 2.83. The smallest absolute Gasteiger partial charge is 0.306 e. The molecule has 0 saturated heterocycles. The summed E-state index contributed by atoms with van der Waals surface area (Å²) in [5.41, 5.74) is 0.793. The Morgan fingerprint density at radius 2 is 2.09 bits per heavy atom. The molecule has 1 aromatic carbocycles. The van der Waals surface area contributed by atoms with Gasteiger partial charge < -0.3 is 15.2 Å². The fraction of sp³-hybridized carbons (Fsp3) is 0.562. The molecule has 0 unspecified atom stereocenters. The van der Waals surface area contributed by atoms with Crippen LogP contribution in [0.5, 0.6) is 5.75 Å². The van der Waals surface area contributed by atoms with Crippen LogP contribution >= 0.6 is 0 Å². The van der Waals surface area contributed by atoms with Gasteiger partial charge >= 0.3 is 5.97 Å². The zero-order valence-corrected chi connectivity index (χ0v) is 13.2. The van der Waals surface area contributed by atoms with Gasteiger partial charge in [0.25, 0.3) is 5.69 Å². The van der Waals surface area contributed by atoms with Crippen molar-refractivity contribution in [2.75, 3.05) is 6.61 Å². The maximum Gasteiger partial charge on any atom is 0.306 e. The summed E-state index contributed by atoms with van der Waals surface area (Å²) in [7, 11) is 0. The van der Waals surface area contributed by atoms with Crippen LogP contribution < -0.4 is 10.1 Å². The first-order chi connectivity index (χ1) is 11.0. The third kappa shape index (κ3) is 4.66. The molecule has 7 heteroatoms. The Kier molecular flexibility index (Phi) is 5.92. The van der Waals surface area contributed by atoms with Gasteiger partial charge in [-0.05, 0) is 38.7 Å². The van der Waals surface area contributed by atoms with Crippen molar-refractivity contribution in [3.05, 3.63) is 33.9 Å². The van der Waals surface area contributed by atoms with Gasteiger partial charge in [0.2, 0.25) is 0 Å². The highest BCUT2D eigenvalue weighted by Gasteiger charge is 2.25. The number of rotatable bonds is 7. The fourth-order valence-corrected chi connectivity index (χ4v) is 2.91. The maximum absolute atomic E-state index is 11.0. The molecule has 1 aliphatic carbocycles. The molecule has 0 amide bonds. The summed E-state index contributed by atoms with van der Waals surface area (Å²) in [5.74, 6) is -0.324. The van der Waals surface area contributed by atoms with Crippen LogP contribution in [-0.2, 0) is 11.3 Å². The number of nitro groups is 1. The fourth-order valence-electron chi connectivity index (χ4n) is 2.91. The number of aliphatic carboxylic acids is 1. The van der Waals surface area contributed by atoms with Gasteiger partial charge in [0.15, 0.2) is 0 Å². The Balaban J connectivity index is 1.97. The van der Waals surface area contributed by atoms with E-state index in [9.17, 15) is 14.9 Å². The third-order valence-corrected chi connectivity index (χ3v) is 4.21. The lowest BCUT2D eigenvalue weighted by Crippen LogP contribution is -2.34. The second-order valence-electron chi connectivity index (χ2n) is 5.75. The van der Waals surface area contributed by atoms with Gasteiger partial charge in [-0.1, -0.05) is 0 Å². The number of carboxylic acid groups (broad SMARTS) is 1. The highest BCUT2D eigenvalue weighted by molar-refractivity contribution is 5.70. The first kappa shape index (κ1) is 17.2. The molecule has 2 rings (SSSR count). The van der Waals surface area contributed by atoms with Gasteiger partial charge in [0, 0.05) is 30.3 Å². The van der Waals surface area contributed by atoms with E-state index in [0.29, 0.717) is 31.7 Å². The van der Waals surface area contributed by atoms with E-state index in [1.54, 1.807) is 6.07 Å².